The lowest BCUT2D eigenvalue weighted by Crippen LogP contribution is -2.15. The molecular weight excluding hydrogens is 92.1 g/mol. The zero-order chi connectivity index (χ0) is 5.28. The van der Waals surface area contributed by atoms with E-state index in [-0.39, 0.29) is 12.2 Å². The Morgan fingerprint density at radius 1 is 1.71 bits per heavy atom. The molecule has 0 bridgehead atoms. The van der Waals surface area contributed by atoms with Crippen LogP contribution in [0.5, 0.6) is 0 Å². The van der Waals surface area contributed by atoms with Crippen molar-refractivity contribution in [3.05, 3.63) is 0 Å². The zero-order valence-corrected chi connectivity index (χ0v) is 4.42. The maximum absolute atomic E-state index is 8.87. The summed E-state index contributed by atoms with van der Waals surface area (Å²) in [5.41, 5.74) is 0. The molecule has 0 aromatic heterocycles. The van der Waals surface area contributed by atoms with Gasteiger partial charge in [0, 0.05) is 6.61 Å². The van der Waals surface area contributed by atoms with Gasteiger partial charge in [-0.05, 0) is 13.3 Å². The predicted octanol–water partition coefficient (Wildman–Crippen LogP) is 0.156. The van der Waals surface area contributed by atoms with Crippen LogP contribution in [0.3, 0.4) is 0 Å². The molecule has 1 aliphatic rings. The summed E-state index contributed by atoms with van der Waals surface area (Å²) in [5.74, 6) is 0. The Kier molecular flexibility index (Phi) is 1.30. The molecule has 2 atom stereocenters. The molecule has 1 heterocycles. The molecule has 0 aliphatic carbocycles. The van der Waals surface area contributed by atoms with Crippen LogP contribution in [0, 0.1) is 0 Å². The average molecular weight is 102 g/mol. The number of aliphatic hydroxyl groups is 1. The molecule has 42 valence electrons. The van der Waals surface area contributed by atoms with Crippen molar-refractivity contribution in [1.82, 2.24) is 0 Å². The minimum absolute atomic E-state index is 0.0694. The SMILES string of the molecule is CC1OCCC1O. The van der Waals surface area contributed by atoms with Gasteiger partial charge in [-0.2, -0.15) is 0 Å². The summed E-state index contributed by atoms with van der Waals surface area (Å²) in [6, 6.07) is 0. The fourth-order valence-electron chi connectivity index (χ4n) is 0.720. The second-order valence-electron chi connectivity index (χ2n) is 1.93. The van der Waals surface area contributed by atoms with Gasteiger partial charge >= 0.3 is 0 Å². The predicted molar refractivity (Wildman–Crippen MR) is 26.0 cm³/mol. The van der Waals surface area contributed by atoms with E-state index in [9.17, 15) is 0 Å². The third-order valence-corrected chi connectivity index (χ3v) is 1.34. The van der Waals surface area contributed by atoms with Gasteiger partial charge in [0.2, 0.25) is 0 Å². The summed E-state index contributed by atoms with van der Waals surface area (Å²) in [6.45, 7) is 2.61. The monoisotopic (exact) mass is 102 g/mol. The number of hydrogen-bond donors (Lipinski definition) is 1. The third-order valence-electron chi connectivity index (χ3n) is 1.34. The molecule has 0 saturated carbocycles. The standard InChI is InChI=1S/C5H10O2/c1-4-5(6)2-3-7-4/h4-6H,2-3H2,1H3. The highest BCUT2D eigenvalue weighted by atomic mass is 16.5. The molecular formula is C5H10O2. The molecule has 0 aromatic rings. The summed E-state index contributed by atoms with van der Waals surface area (Å²) in [6.07, 6.45) is 0.668. The van der Waals surface area contributed by atoms with Crippen LogP contribution in [0.4, 0.5) is 0 Å². The first-order chi connectivity index (χ1) is 3.30. The van der Waals surface area contributed by atoms with Gasteiger partial charge in [0.15, 0.2) is 0 Å². The Morgan fingerprint density at radius 3 is 2.57 bits per heavy atom. The maximum atomic E-state index is 8.87. The van der Waals surface area contributed by atoms with Crippen LogP contribution in [0.1, 0.15) is 13.3 Å². The maximum Gasteiger partial charge on any atom is 0.0821 e. The molecule has 2 unspecified atom stereocenters. The van der Waals surface area contributed by atoms with Crippen molar-refractivity contribution in [2.24, 2.45) is 0 Å². The highest BCUT2D eigenvalue weighted by Crippen LogP contribution is 2.10. The zero-order valence-electron chi connectivity index (χ0n) is 4.42. The first-order valence-corrected chi connectivity index (χ1v) is 2.60. The fourth-order valence-corrected chi connectivity index (χ4v) is 0.720. The van der Waals surface area contributed by atoms with Crippen LogP contribution < -0.4 is 0 Å². The first kappa shape index (κ1) is 5.06. The topological polar surface area (TPSA) is 29.5 Å². The van der Waals surface area contributed by atoms with E-state index in [2.05, 4.69) is 0 Å². The van der Waals surface area contributed by atoms with E-state index < -0.39 is 0 Å². The molecule has 1 rings (SSSR count). The molecule has 0 radical (unpaired) electrons. The smallest absolute Gasteiger partial charge is 0.0821 e. The summed E-state index contributed by atoms with van der Waals surface area (Å²) in [7, 11) is 0. The second-order valence-corrected chi connectivity index (χ2v) is 1.93. The lowest BCUT2D eigenvalue weighted by molar-refractivity contribution is 0.0556. The van der Waals surface area contributed by atoms with E-state index in [0.717, 1.165) is 13.0 Å². The van der Waals surface area contributed by atoms with Gasteiger partial charge in [-0.3, -0.25) is 0 Å². The van der Waals surface area contributed by atoms with Gasteiger partial charge in [0.05, 0.1) is 12.2 Å². The van der Waals surface area contributed by atoms with Crippen LogP contribution in [-0.2, 0) is 4.74 Å². The molecule has 1 fully saturated rings. The Labute approximate surface area is 43.1 Å². The van der Waals surface area contributed by atoms with E-state index >= 15 is 0 Å². The van der Waals surface area contributed by atoms with Crippen molar-refractivity contribution < 1.29 is 9.84 Å². The number of hydrogen-bond acceptors (Lipinski definition) is 2. The van der Waals surface area contributed by atoms with Crippen LogP contribution in [-0.4, -0.2) is 23.9 Å². The van der Waals surface area contributed by atoms with Crippen LogP contribution in [0.25, 0.3) is 0 Å². The Hall–Kier alpha value is -0.0800. The largest absolute Gasteiger partial charge is 0.390 e. The quantitative estimate of drug-likeness (QED) is 0.472. The van der Waals surface area contributed by atoms with E-state index in [0.29, 0.717) is 0 Å². The van der Waals surface area contributed by atoms with E-state index in [1.165, 1.54) is 0 Å². The Bertz CT molecular complexity index is 55.1. The van der Waals surface area contributed by atoms with Gasteiger partial charge in [0.25, 0.3) is 0 Å². The molecule has 2 heteroatoms. The molecule has 1 aliphatic heterocycles. The average Bonchev–Trinajstić information content (AvgIpc) is 1.91. The van der Waals surface area contributed by atoms with Crippen LogP contribution >= 0.6 is 0 Å². The highest BCUT2D eigenvalue weighted by molar-refractivity contribution is 4.69. The number of ether oxygens (including phenoxy) is 1. The van der Waals surface area contributed by atoms with Crippen molar-refractivity contribution in [3.63, 3.8) is 0 Å². The number of rotatable bonds is 0. The molecule has 1 saturated heterocycles. The van der Waals surface area contributed by atoms with Gasteiger partial charge in [-0.15, -0.1) is 0 Å². The molecule has 1 N–H and O–H groups in total. The van der Waals surface area contributed by atoms with Gasteiger partial charge in [0.1, 0.15) is 0 Å². The van der Waals surface area contributed by atoms with Gasteiger partial charge < -0.3 is 9.84 Å². The van der Waals surface area contributed by atoms with Gasteiger partial charge in [-0.1, -0.05) is 0 Å². The Balaban J connectivity index is 2.33. The fraction of sp³-hybridized carbons (Fsp3) is 1.00. The summed E-state index contributed by atoms with van der Waals surface area (Å²) < 4.78 is 5.02. The van der Waals surface area contributed by atoms with Crippen molar-refractivity contribution in [3.8, 4) is 0 Å². The lowest BCUT2D eigenvalue weighted by atomic mass is 10.2. The van der Waals surface area contributed by atoms with E-state index in [1.54, 1.807) is 0 Å². The first-order valence-electron chi connectivity index (χ1n) is 2.60. The molecule has 2 nitrogen and oxygen atoms in total. The minimum Gasteiger partial charge on any atom is -0.390 e. The van der Waals surface area contributed by atoms with E-state index in [4.69, 9.17) is 9.84 Å². The lowest BCUT2D eigenvalue weighted by Gasteiger charge is -2.03. The molecule has 0 spiro atoms. The molecule has 0 aromatic carbocycles. The van der Waals surface area contributed by atoms with Crippen molar-refractivity contribution in [2.75, 3.05) is 6.61 Å². The van der Waals surface area contributed by atoms with Crippen molar-refractivity contribution >= 4 is 0 Å². The third kappa shape index (κ3) is 0.924. The highest BCUT2D eigenvalue weighted by Gasteiger charge is 2.20. The number of aliphatic hydroxyl groups excluding tert-OH is 1. The summed E-state index contributed by atoms with van der Waals surface area (Å²) in [4.78, 5) is 0. The normalized spacial score (nSPS) is 42.0. The van der Waals surface area contributed by atoms with Crippen molar-refractivity contribution in [2.45, 2.75) is 25.6 Å². The van der Waals surface area contributed by atoms with E-state index in [1.807, 2.05) is 6.92 Å². The molecule has 7 heavy (non-hydrogen) atoms. The van der Waals surface area contributed by atoms with Crippen molar-refractivity contribution in [1.29, 1.82) is 0 Å². The summed E-state index contributed by atoms with van der Waals surface area (Å²) >= 11 is 0. The molecule has 0 amide bonds. The Morgan fingerprint density at radius 2 is 2.43 bits per heavy atom. The van der Waals surface area contributed by atoms with Gasteiger partial charge in [-0.25, -0.2) is 0 Å². The second kappa shape index (κ2) is 1.80. The van der Waals surface area contributed by atoms with Crippen LogP contribution in [0.2, 0.25) is 0 Å². The summed E-state index contributed by atoms with van der Waals surface area (Å²) in [5, 5.41) is 8.87. The minimum atomic E-state index is -0.208. The van der Waals surface area contributed by atoms with Crippen LogP contribution in [0.15, 0.2) is 0 Å².